The molecule has 1 heterocycles. The average molecular weight is 238 g/mol. The minimum absolute atomic E-state index is 0.0428. The van der Waals surface area contributed by atoms with Crippen LogP contribution in [0, 0.1) is 0 Å². The van der Waals surface area contributed by atoms with Crippen LogP contribution in [0.2, 0.25) is 5.02 Å². The molecule has 1 aliphatic heterocycles. The normalized spacial score (nSPS) is 20.4. The summed E-state index contributed by atoms with van der Waals surface area (Å²) in [5, 5.41) is 7.91. The Morgan fingerprint density at radius 1 is 1.38 bits per heavy atom. The van der Waals surface area contributed by atoms with Crippen molar-refractivity contribution in [2.75, 3.05) is 13.1 Å². The van der Waals surface area contributed by atoms with Crippen LogP contribution in [0.4, 0.5) is 0 Å². The molecular weight excluding hydrogens is 224 g/mol. The number of carbonyl (C=O) groups excluding carboxylic acids is 1. The lowest BCUT2D eigenvalue weighted by atomic mass is 10.1. The molecule has 1 saturated heterocycles. The van der Waals surface area contributed by atoms with Crippen molar-refractivity contribution in [3.05, 3.63) is 34.9 Å². The summed E-state index contributed by atoms with van der Waals surface area (Å²) >= 11 is 5.76. The van der Waals surface area contributed by atoms with E-state index in [4.69, 9.17) is 11.6 Å². The van der Waals surface area contributed by atoms with Gasteiger partial charge in [0.1, 0.15) is 0 Å². The van der Waals surface area contributed by atoms with Crippen LogP contribution in [0.1, 0.15) is 23.2 Å². The summed E-state index contributed by atoms with van der Waals surface area (Å²) < 4.78 is 0. The number of amides is 1. The van der Waals surface area contributed by atoms with Crippen LogP contribution in [0.15, 0.2) is 24.3 Å². The molecule has 1 aromatic carbocycles. The lowest BCUT2D eigenvalue weighted by Gasteiger charge is -2.22. The maximum atomic E-state index is 11.8. The Balaban J connectivity index is 1.94. The van der Waals surface area contributed by atoms with E-state index in [0.717, 1.165) is 25.9 Å². The number of nitrogens with zero attached hydrogens (tertiary/aromatic N) is 1. The van der Waals surface area contributed by atoms with Gasteiger partial charge >= 0.3 is 0 Å². The molecule has 0 aliphatic carbocycles. The van der Waals surface area contributed by atoms with Gasteiger partial charge < -0.3 is 5.32 Å². The Labute approximate surface area is 100 Å². The molecule has 1 radical (unpaired) electrons. The minimum atomic E-state index is -0.0428. The van der Waals surface area contributed by atoms with Gasteiger partial charge in [-0.3, -0.25) is 4.79 Å². The highest BCUT2D eigenvalue weighted by Crippen LogP contribution is 2.10. The molecule has 0 unspecified atom stereocenters. The molecule has 0 bridgehead atoms. The van der Waals surface area contributed by atoms with E-state index in [9.17, 15) is 4.79 Å². The van der Waals surface area contributed by atoms with Crippen molar-refractivity contribution in [2.45, 2.75) is 18.9 Å². The molecule has 1 fully saturated rings. The molecule has 0 spiro atoms. The highest BCUT2D eigenvalue weighted by atomic mass is 35.5. The third kappa shape index (κ3) is 2.97. The smallest absolute Gasteiger partial charge is 0.251 e. The topological polar surface area (TPSA) is 43.2 Å². The number of piperidine rings is 1. The summed E-state index contributed by atoms with van der Waals surface area (Å²) in [5.74, 6) is -0.0428. The predicted octanol–water partition coefficient (Wildman–Crippen LogP) is 1.84. The quantitative estimate of drug-likeness (QED) is 0.838. The number of hydrogen-bond donors (Lipinski definition) is 1. The first-order valence-electron chi connectivity index (χ1n) is 5.45. The SMILES string of the molecule is O=C(N[C@H]1CCC[N]C1)c1ccc(Cl)cc1. The zero-order valence-electron chi connectivity index (χ0n) is 8.95. The summed E-state index contributed by atoms with van der Waals surface area (Å²) in [7, 11) is 0. The Kier molecular flexibility index (Phi) is 3.80. The van der Waals surface area contributed by atoms with E-state index in [-0.39, 0.29) is 11.9 Å². The minimum Gasteiger partial charge on any atom is -0.348 e. The average Bonchev–Trinajstić information content (AvgIpc) is 2.31. The van der Waals surface area contributed by atoms with Crippen LogP contribution < -0.4 is 10.6 Å². The standard InChI is InChI=1S/C12H14ClN2O/c13-10-5-3-9(4-6-10)12(16)15-11-2-1-7-14-8-11/h3-6,11H,1-2,7-8H2,(H,15,16)/t11-/m0/s1. The van der Waals surface area contributed by atoms with E-state index in [0.29, 0.717) is 10.6 Å². The van der Waals surface area contributed by atoms with Crippen LogP contribution in [-0.4, -0.2) is 25.0 Å². The number of nitrogens with one attached hydrogen (secondary N) is 1. The fraction of sp³-hybridized carbons (Fsp3) is 0.417. The largest absolute Gasteiger partial charge is 0.348 e. The van der Waals surface area contributed by atoms with Crippen molar-refractivity contribution >= 4 is 17.5 Å². The van der Waals surface area contributed by atoms with Gasteiger partial charge in [-0.2, -0.15) is 0 Å². The van der Waals surface area contributed by atoms with E-state index in [2.05, 4.69) is 10.6 Å². The second kappa shape index (κ2) is 5.32. The van der Waals surface area contributed by atoms with Crippen LogP contribution in [0.25, 0.3) is 0 Å². The molecule has 1 atom stereocenters. The Bertz CT molecular complexity index is 358. The molecule has 1 aromatic rings. The monoisotopic (exact) mass is 237 g/mol. The summed E-state index contributed by atoms with van der Waals surface area (Å²) in [6, 6.07) is 7.11. The molecule has 1 aliphatic rings. The summed E-state index contributed by atoms with van der Waals surface area (Å²) in [5.41, 5.74) is 0.648. The zero-order valence-corrected chi connectivity index (χ0v) is 9.70. The zero-order chi connectivity index (χ0) is 11.4. The molecule has 1 amide bonds. The van der Waals surface area contributed by atoms with Gasteiger partial charge in [-0.15, -0.1) is 0 Å². The predicted molar refractivity (Wildman–Crippen MR) is 63.8 cm³/mol. The number of benzene rings is 1. The van der Waals surface area contributed by atoms with Crippen molar-refractivity contribution in [3.63, 3.8) is 0 Å². The molecule has 85 valence electrons. The molecule has 0 aromatic heterocycles. The van der Waals surface area contributed by atoms with Crippen molar-refractivity contribution in [2.24, 2.45) is 0 Å². The molecule has 16 heavy (non-hydrogen) atoms. The van der Waals surface area contributed by atoms with Crippen molar-refractivity contribution in [3.8, 4) is 0 Å². The fourth-order valence-electron chi connectivity index (χ4n) is 1.78. The van der Waals surface area contributed by atoms with Gasteiger partial charge in [0.05, 0.1) is 0 Å². The summed E-state index contributed by atoms with van der Waals surface area (Å²) in [6.07, 6.45) is 2.08. The second-order valence-electron chi connectivity index (χ2n) is 3.95. The van der Waals surface area contributed by atoms with E-state index >= 15 is 0 Å². The van der Waals surface area contributed by atoms with Gasteiger partial charge in [-0.25, -0.2) is 5.32 Å². The second-order valence-corrected chi connectivity index (χ2v) is 4.39. The van der Waals surface area contributed by atoms with Gasteiger partial charge in [0.25, 0.3) is 5.91 Å². The molecule has 2 rings (SSSR count). The van der Waals surface area contributed by atoms with Crippen molar-refractivity contribution < 1.29 is 4.79 Å². The van der Waals surface area contributed by atoms with Crippen molar-refractivity contribution in [1.82, 2.24) is 10.6 Å². The molecule has 1 N–H and O–H groups in total. The lowest BCUT2D eigenvalue weighted by Crippen LogP contribution is -2.43. The first kappa shape index (κ1) is 11.4. The van der Waals surface area contributed by atoms with Crippen LogP contribution in [0.5, 0.6) is 0 Å². The molecule has 0 saturated carbocycles. The number of hydrogen-bond acceptors (Lipinski definition) is 1. The molecular formula is C12H14ClN2O. The van der Waals surface area contributed by atoms with E-state index in [1.165, 1.54) is 0 Å². The van der Waals surface area contributed by atoms with E-state index < -0.39 is 0 Å². The third-order valence-electron chi connectivity index (χ3n) is 2.66. The first-order valence-corrected chi connectivity index (χ1v) is 5.83. The van der Waals surface area contributed by atoms with Gasteiger partial charge in [0.2, 0.25) is 0 Å². The first-order chi connectivity index (χ1) is 7.75. The van der Waals surface area contributed by atoms with Gasteiger partial charge in [0, 0.05) is 29.7 Å². The maximum Gasteiger partial charge on any atom is 0.251 e. The Morgan fingerprint density at radius 3 is 2.75 bits per heavy atom. The number of carbonyl (C=O) groups is 1. The van der Waals surface area contributed by atoms with Crippen LogP contribution >= 0.6 is 11.6 Å². The number of halogens is 1. The van der Waals surface area contributed by atoms with Crippen LogP contribution in [-0.2, 0) is 0 Å². The summed E-state index contributed by atoms with van der Waals surface area (Å²) in [4.78, 5) is 11.8. The highest BCUT2D eigenvalue weighted by molar-refractivity contribution is 6.30. The maximum absolute atomic E-state index is 11.8. The highest BCUT2D eigenvalue weighted by Gasteiger charge is 2.16. The Hall–Kier alpha value is -1.06. The molecule has 4 heteroatoms. The van der Waals surface area contributed by atoms with Gasteiger partial charge in [-0.1, -0.05) is 11.6 Å². The lowest BCUT2D eigenvalue weighted by molar-refractivity contribution is 0.0930. The Morgan fingerprint density at radius 2 is 2.12 bits per heavy atom. The van der Waals surface area contributed by atoms with E-state index in [1.807, 2.05) is 0 Å². The molecule has 3 nitrogen and oxygen atoms in total. The number of rotatable bonds is 2. The van der Waals surface area contributed by atoms with Gasteiger partial charge in [-0.05, 0) is 37.1 Å². The van der Waals surface area contributed by atoms with E-state index in [1.54, 1.807) is 24.3 Å². The van der Waals surface area contributed by atoms with Crippen LogP contribution in [0.3, 0.4) is 0 Å². The fourth-order valence-corrected chi connectivity index (χ4v) is 1.90. The third-order valence-corrected chi connectivity index (χ3v) is 2.91. The van der Waals surface area contributed by atoms with Gasteiger partial charge in [0.15, 0.2) is 0 Å². The summed E-state index contributed by atoms with van der Waals surface area (Å²) in [6.45, 7) is 1.66. The van der Waals surface area contributed by atoms with Crippen molar-refractivity contribution in [1.29, 1.82) is 0 Å².